The molecular formula is C62H106N2O7P+. The Morgan fingerprint density at radius 3 is 1.35 bits per heavy atom. The molecule has 0 radical (unpaired) electrons. The number of quaternary nitrogens is 1. The Morgan fingerprint density at radius 2 is 0.889 bits per heavy atom. The first-order chi connectivity index (χ1) is 34.9. The molecule has 0 saturated carbocycles. The standard InChI is InChI=1S/C62H105N2O7P/c1-7-10-13-16-19-22-25-27-29-30-31-32-33-34-35-36-39-42-45-48-51-54-61(65)63-59(58-70-72(67,68)69-57-56-64(4,5)6)60(53-50-47-44-41-38-24-21-18-15-12-9-3)71-62(66)55-52-49-46-43-40-37-28-26-23-20-17-14-11-8-2/h10-11,13-14,19-20,22-23,27-29,31-32,34-35,37,39,42,50,53,59-60H,7-9,12,15-18,21,24-26,30,33,36,38,40-41,43-49,51-52,54-58H2,1-6H3,(H-,63,65,67,68)/p+1/b13-10-,14-11+,22-19-,23-20+,29-27-,32-31-,35-34-,37-28+,42-39-,53-50-. The lowest BCUT2D eigenvalue weighted by molar-refractivity contribution is -0.870. The van der Waals surface area contributed by atoms with Crippen molar-refractivity contribution >= 4 is 19.7 Å². The average Bonchev–Trinajstić information content (AvgIpc) is 3.34. The van der Waals surface area contributed by atoms with E-state index in [1.165, 1.54) is 44.9 Å². The monoisotopic (exact) mass is 1020 g/mol. The summed E-state index contributed by atoms with van der Waals surface area (Å²) in [6.45, 7) is 6.69. The number of carbonyl (C=O) groups excluding carboxylic acids is 2. The lowest BCUT2D eigenvalue weighted by atomic mass is 10.1. The first kappa shape index (κ1) is 68.4. The van der Waals surface area contributed by atoms with Gasteiger partial charge < -0.3 is 19.4 Å². The number of allylic oxidation sites excluding steroid dienone is 19. The summed E-state index contributed by atoms with van der Waals surface area (Å²) in [7, 11) is 1.43. The molecule has 0 aromatic carbocycles. The molecule has 0 aliphatic rings. The molecule has 410 valence electrons. The van der Waals surface area contributed by atoms with Crippen molar-refractivity contribution in [1.29, 1.82) is 0 Å². The van der Waals surface area contributed by atoms with Gasteiger partial charge in [0, 0.05) is 12.8 Å². The van der Waals surface area contributed by atoms with Gasteiger partial charge in [0.1, 0.15) is 19.3 Å². The molecule has 0 heterocycles. The van der Waals surface area contributed by atoms with E-state index in [1.807, 2.05) is 33.3 Å². The van der Waals surface area contributed by atoms with Crippen molar-refractivity contribution in [1.82, 2.24) is 5.32 Å². The van der Waals surface area contributed by atoms with Crippen LogP contribution in [-0.2, 0) is 27.9 Å². The van der Waals surface area contributed by atoms with Gasteiger partial charge in [-0.05, 0) is 115 Å². The van der Waals surface area contributed by atoms with Gasteiger partial charge in [-0.2, -0.15) is 0 Å². The molecule has 0 aromatic heterocycles. The number of phosphoric acid groups is 1. The Morgan fingerprint density at radius 1 is 0.500 bits per heavy atom. The van der Waals surface area contributed by atoms with E-state index in [0.29, 0.717) is 23.9 Å². The Hall–Kier alpha value is -3.59. The van der Waals surface area contributed by atoms with Gasteiger partial charge in [-0.3, -0.25) is 18.6 Å². The molecule has 0 spiro atoms. The van der Waals surface area contributed by atoms with E-state index >= 15 is 0 Å². The van der Waals surface area contributed by atoms with Crippen molar-refractivity contribution in [2.75, 3.05) is 40.9 Å². The number of likely N-dealkylation sites (N-methyl/N-ethyl adjacent to an activating group) is 1. The third-order valence-electron chi connectivity index (χ3n) is 11.6. The highest BCUT2D eigenvalue weighted by atomic mass is 31.2. The number of nitrogens with one attached hydrogen (secondary N) is 1. The second-order valence-electron chi connectivity index (χ2n) is 19.7. The Kier molecular flexibility index (Phi) is 48.4. The Balaban J connectivity index is 5.42. The Bertz CT molecular complexity index is 1650. The van der Waals surface area contributed by atoms with Crippen LogP contribution in [0.25, 0.3) is 0 Å². The molecule has 9 nitrogen and oxygen atoms in total. The summed E-state index contributed by atoms with van der Waals surface area (Å²) >= 11 is 0. The fourth-order valence-corrected chi connectivity index (χ4v) is 8.04. The molecule has 3 unspecified atom stereocenters. The Labute approximate surface area is 442 Å². The molecule has 2 N–H and O–H groups in total. The van der Waals surface area contributed by atoms with E-state index < -0.39 is 20.0 Å². The van der Waals surface area contributed by atoms with Crippen LogP contribution in [0.2, 0.25) is 0 Å². The van der Waals surface area contributed by atoms with Gasteiger partial charge in [-0.15, -0.1) is 0 Å². The molecule has 0 rings (SSSR count). The molecule has 0 aliphatic heterocycles. The number of nitrogens with zero attached hydrogens (tertiary/aromatic N) is 1. The van der Waals surface area contributed by atoms with E-state index in [9.17, 15) is 19.0 Å². The van der Waals surface area contributed by atoms with Crippen LogP contribution in [0.15, 0.2) is 122 Å². The topological polar surface area (TPSA) is 111 Å². The van der Waals surface area contributed by atoms with Crippen molar-refractivity contribution in [3.8, 4) is 0 Å². The van der Waals surface area contributed by atoms with Gasteiger partial charge in [-0.25, -0.2) is 4.57 Å². The van der Waals surface area contributed by atoms with E-state index in [4.69, 9.17) is 13.8 Å². The van der Waals surface area contributed by atoms with E-state index in [2.05, 4.69) is 135 Å². The fourth-order valence-electron chi connectivity index (χ4n) is 7.31. The maximum Gasteiger partial charge on any atom is 0.472 e. The van der Waals surface area contributed by atoms with E-state index in [0.717, 1.165) is 116 Å². The van der Waals surface area contributed by atoms with Crippen molar-refractivity contribution in [2.24, 2.45) is 0 Å². The highest BCUT2D eigenvalue weighted by molar-refractivity contribution is 7.47. The second kappa shape index (κ2) is 50.9. The SMILES string of the molecule is CC/C=C\C/C=C\C/C=C\C/C=C\C/C=C\C/C=C\CCCCC(=O)NC(COP(=O)(O)OCC[N+](C)(C)C)C(/C=C\CCCCCCCCCCC)OC(=O)CCCCCC/C=C/C/C=C/C/C=C/CC. The summed E-state index contributed by atoms with van der Waals surface area (Å²) in [5, 5.41) is 3.01. The van der Waals surface area contributed by atoms with Crippen LogP contribution in [0.1, 0.15) is 207 Å². The van der Waals surface area contributed by atoms with E-state index in [1.54, 1.807) is 0 Å². The molecule has 0 aliphatic carbocycles. The minimum atomic E-state index is -4.47. The molecule has 72 heavy (non-hydrogen) atoms. The van der Waals surface area contributed by atoms with Gasteiger partial charge in [0.25, 0.3) is 0 Å². The molecule has 0 saturated heterocycles. The number of ether oxygens (including phenoxy) is 1. The molecule has 3 atom stereocenters. The van der Waals surface area contributed by atoms with Crippen molar-refractivity contribution in [2.45, 2.75) is 219 Å². The number of hydrogen-bond donors (Lipinski definition) is 2. The summed E-state index contributed by atoms with van der Waals surface area (Å²) in [6.07, 6.45) is 70.6. The molecule has 0 fully saturated rings. The summed E-state index contributed by atoms with van der Waals surface area (Å²) in [6, 6.07) is -0.888. The van der Waals surface area contributed by atoms with Crippen molar-refractivity contribution in [3.05, 3.63) is 122 Å². The number of esters is 1. The van der Waals surface area contributed by atoms with Crippen LogP contribution < -0.4 is 5.32 Å². The molecular weight excluding hydrogens is 916 g/mol. The lowest BCUT2D eigenvalue weighted by Gasteiger charge is -2.27. The lowest BCUT2D eigenvalue weighted by Crippen LogP contribution is -2.47. The number of rotatable bonds is 49. The number of amides is 1. The third-order valence-corrected chi connectivity index (χ3v) is 12.6. The minimum absolute atomic E-state index is 0.0208. The number of unbranched alkanes of at least 4 members (excludes halogenated alkanes) is 15. The zero-order chi connectivity index (χ0) is 52.9. The maximum atomic E-state index is 13.5. The smallest absolute Gasteiger partial charge is 0.456 e. The summed E-state index contributed by atoms with van der Waals surface area (Å²) < 4.78 is 30.5. The first-order valence-corrected chi connectivity index (χ1v) is 29.9. The quantitative estimate of drug-likeness (QED) is 0.0205. The first-order valence-electron chi connectivity index (χ1n) is 28.4. The van der Waals surface area contributed by atoms with Crippen LogP contribution in [0.5, 0.6) is 0 Å². The van der Waals surface area contributed by atoms with Gasteiger partial charge in [0.2, 0.25) is 5.91 Å². The van der Waals surface area contributed by atoms with Crippen LogP contribution >= 0.6 is 7.82 Å². The van der Waals surface area contributed by atoms with Crippen molar-refractivity contribution < 1.29 is 37.3 Å². The van der Waals surface area contributed by atoms with E-state index in [-0.39, 0.29) is 37.9 Å². The van der Waals surface area contributed by atoms with Gasteiger partial charge in [0.05, 0.1) is 33.8 Å². The molecule has 1 amide bonds. The molecule has 0 aromatic rings. The number of hydrogen-bond acceptors (Lipinski definition) is 6. The van der Waals surface area contributed by atoms with Gasteiger partial charge >= 0.3 is 13.8 Å². The number of carbonyl (C=O) groups is 2. The average molecular weight is 1020 g/mol. The third kappa shape index (κ3) is 51.3. The second-order valence-corrected chi connectivity index (χ2v) is 21.1. The largest absolute Gasteiger partial charge is 0.472 e. The fraction of sp³-hybridized carbons (Fsp3) is 0.645. The van der Waals surface area contributed by atoms with Crippen molar-refractivity contribution in [3.63, 3.8) is 0 Å². The minimum Gasteiger partial charge on any atom is -0.456 e. The van der Waals surface area contributed by atoms with Crippen LogP contribution in [0, 0.1) is 0 Å². The highest BCUT2D eigenvalue weighted by Gasteiger charge is 2.30. The van der Waals surface area contributed by atoms with Crippen LogP contribution in [0.4, 0.5) is 0 Å². The summed E-state index contributed by atoms with van der Waals surface area (Å²) in [5.74, 6) is -0.595. The predicted molar refractivity (Wildman–Crippen MR) is 309 cm³/mol. The summed E-state index contributed by atoms with van der Waals surface area (Å²) in [4.78, 5) is 37.5. The highest BCUT2D eigenvalue weighted by Crippen LogP contribution is 2.43. The zero-order valence-corrected chi connectivity index (χ0v) is 47.5. The maximum absolute atomic E-state index is 13.5. The van der Waals surface area contributed by atoms with Gasteiger partial charge in [-0.1, -0.05) is 200 Å². The molecule has 0 bridgehead atoms. The van der Waals surface area contributed by atoms with Crippen LogP contribution in [-0.4, -0.2) is 74.3 Å². The summed E-state index contributed by atoms with van der Waals surface area (Å²) in [5.41, 5.74) is 0. The van der Waals surface area contributed by atoms with Gasteiger partial charge in [0.15, 0.2) is 0 Å². The predicted octanol–water partition coefficient (Wildman–Crippen LogP) is 17.2. The number of phosphoric ester groups is 1. The molecule has 10 heteroatoms. The van der Waals surface area contributed by atoms with Crippen LogP contribution in [0.3, 0.4) is 0 Å². The normalized spacial score (nSPS) is 14.7. The zero-order valence-electron chi connectivity index (χ0n) is 46.6.